The van der Waals surface area contributed by atoms with E-state index in [4.69, 9.17) is 18.9 Å². The Labute approximate surface area is 184 Å². The van der Waals surface area contributed by atoms with Crippen LogP contribution < -0.4 is 0 Å². The Kier molecular flexibility index (Phi) is 6.60. The maximum Gasteiger partial charge on any atom is 0.303 e. The van der Waals surface area contributed by atoms with Gasteiger partial charge in [0.2, 0.25) is 0 Å². The molecule has 4 atom stereocenters. The van der Waals surface area contributed by atoms with Crippen molar-refractivity contribution in [2.24, 2.45) is 0 Å². The van der Waals surface area contributed by atoms with Crippen molar-refractivity contribution in [3.63, 3.8) is 0 Å². The summed E-state index contributed by atoms with van der Waals surface area (Å²) in [6.45, 7) is 3.38. The summed E-state index contributed by atoms with van der Waals surface area (Å²) in [6.07, 6.45) is -2.73. The van der Waals surface area contributed by atoms with Crippen molar-refractivity contribution >= 4 is 50.4 Å². The Morgan fingerprint density at radius 1 is 1.10 bits per heavy atom. The molecule has 1 aliphatic rings. The lowest BCUT2D eigenvalue weighted by atomic mass is 10.0. The summed E-state index contributed by atoms with van der Waals surface area (Å²) in [7, 11) is 0. The van der Waals surface area contributed by atoms with Crippen molar-refractivity contribution in [2.45, 2.75) is 45.3 Å². The summed E-state index contributed by atoms with van der Waals surface area (Å²) in [5.74, 6) is -1.97. The van der Waals surface area contributed by atoms with Crippen LogP contribution in [0.1, 0.15) is 27.0 Å². The van der Waals surface area contributed by atoms with Crippen LogP contribution in [-0.2, 0) is 33.3 Å². The van der Waals surface area contributed by atoms with Gasteiger partial charge in [-0.05, 0) is 28.1 Å². The van der Waals surface area contributed by atoms with Crippen molar-refractivity contribution in [3.8, 4) is 0 Å². The molecule has 3 rings (SSSR count). The van der Waals surface area contributed by atoms with E-state index < -0.39 is 47.4 Å². The van der Waals surface area contributed by atoms with E-state index in [-0.39, 0.29) is 12.3 Å². The van der Waals surface area contributed by atoms with Crippen LogP contribution >= 0.6 is 15.9 Å². The fourth-order valence-electron chi connectivity index (χ4n) is 3.49. The van der Waals surface area contributed by atoms with E-state index in [0.29, 0.717) is 15.4 Å². The van der Waals surface area contributed by atoms with Gasteiger partial charge < -0.3 is 23.5 Å². The number of rotatable bonds is 5. The van der Waals surface area contributed by atoms with E-state index in [1.807, 2.05) is 0 Å². The molecule has 0 amide bonds. The van der Waals surface area contributed by atoms with Crippen molar-refractivity contribution in [3.05, 3.63) is 39.0 Å². The summed E-state index contributed by atoms with van der Waals surface area (Å²) < 4.78 is 23.6. The fraction of sp³-hybridized carbons (Fsp3) is 0.421. The maximum atomic E-state index is 11.8. The molecular weight excluding hydrogens is 480 g/mol. The zero-order chi connectivity index (χ0) is 22.9. The highest BCUT2D eigenvalue weighted by Gasteiger charge is 2.47. The van der Waals surface area contributed by atoms with Gasteiger partial charge in [-0.15, -0.1) is 0 Å². The maximum absolute atomic E-state index is 11.8. The van der Waals surface area contributed by atoms with Gasteiger partial charge in [0, 0.05) is 38.4 Å². The van der Waals surface area contributed by atoms with Crippen LogP contribution in [0.2, 0.25) is 0 Å². The molecule has 0 spiro atoms. The van der Waals surface area contributed by atoms with Crippen LogP contribution in [0.5, 0.6) is 0 Å². The first-order chi connectivity index (χ1) is 14.6. The van der Waals surface area contributed by atoms with E-state index in [1.165, 1.54) is 26.8 Å². The van der Waals surface area contributed by atoms with Crippen LogP contribution in [0.15, 0.2) is 28.9 Å². The van der Waals surface area contributed by atoms with Gasteiger partial charge >= 0.3 is 17.9 Å². The molecule has 1 aromatic heterocycles. The molecule has 1 aromatic carbocycles. The number of esters is 3. The molecule has 11 nitrogen and oxygen atoms in total. The van der Waals surface area contributed by atoms with Crippen molar-refractivity contribution < 1.29 is 38.3 Å². The smallest absolute Gasteiger partial charge is 0.303 e. The second-order valence-electron chi connectivity index (χ2n) is 6.86. The predicted molar refractivity (Wildman–Crippen MR) is 108 cm³/mol. The molecule has 2 aromatic rings. The Bertz CT molecular complexity index is 1050. The second-order valence-corrected chi connectivity index (χ2v) is 7.72. The highest BCUT2D eigenvalue weighted by atomic mass is 79.9. The van der Waals surface area contributed by atoms with Gasteiger partial charge in [0.05, 0.1) is 21.5 Å². The molecule has 0 saturated carbocycles. The van der Waals surface area contributed by atoms with Crippen LogP contribution in [-0.4, -0.2) is 52.3 Å². The van der Waals surface area contributed by atoms with E-state index in [1.54, 1.807) is 22.9 Å². The summed E-state index contributed by atoms with van der Waals surface area (Å²) in [5.41, 5.74) is 0.270. The molecule has 0 radical (unpaired) electrons. The van der Waals surface area contributed by atoms with Gasteiger partial charge in [0.15, 0.2) is 24.5 Å². The third kappa shape index (κ3) is 4.85. The van der Waals surface area contributed by atoms with Gasteiger partial charge in [-0.1, -0.05) is 0 Å². The molecule has 0 unspecified atom stereocenters. The number of ether oxygens (including phenoxy) is 4. The first-order valence-corrected chi connectivity index (χ1v) is 9.95. The average Bonchev–Trinajstić information content (AvgIpc) is 3.05. The molecule has 1 aliphatic heterocycles. The number of nitro benzene ring substituents is 1. The summed E-state index contributed by atoms with van der Waals surface area (Å²) in [6, 6.07) is 4.64. The number of nitro groups is 1. The standard InChI is InChI=1S/C19H19BrN2O9/c1-9(23)29-16-8-28-19(18(31-11(3)25)17(16)30-10(2)24)21-5-4-12-6-13(20)15(22(26)27)7-14(12)21/h4-7,16-19H,8H2,1-3H3/t16-,17-,18+,19+/m1/s1. The van der Waals surface area contributed by atoms with Crippen molar-refractivity contribution in [2.75, 3.05) is 6.61 Å². The minimum absolute atomic E-state index is 0.155. The number of carbonyl (C=O) groups excluding carboxylic acids is 3. The van der Waals surface area contributed by atoms with Crippen LogP contribution in [0, 0.1) is 10.1 Å². The average molecular weight is 499 g/mol. The van der Waals surface area contributed by atoms with E-state index in [9.17, 15) is 24.5 Å². The number of fused-ring (bicyclic) bond motifs is 1. The number of benzene rings is 1. The lowest BCUT2D eigenvalue weighted by Crippen LogP contribution is -2.55. The SMILES string of the molecule is CC(=O)O[C@H]1[C@H](OC(C)=O)[C@@H](n2ccc3cc(Br)c([N+](=O)[O-])cc32)OC[C@H]1OC(C)=O. The highest BCUT2D eigenvalue weighted by Crippen LogP contribution is 2.36. The minimum atomic E-state index is -1.18. The molecular formula is C19H19BrN2O9. The Hall–Kier alpha value is -2.99. The van der Waals surface area contributed by atoms with E-state index in [0.717, 1.165) is 0 Å². The zero-order valence-electron chi connectivity index (χ0n) is 16.8. The minimum Gasteiger partial charge on any atom is -0.456 e. The van der Waals surface area contributed by atoms with Gasteiger partial charge in [0.25, 0.3) is 5.69 Å². The number of carbonyl (C=O) groups is 3. The van der Waals surface area contributed by atoms with Crippen LogP contribution in [0.25, 0.3) is 10.9 Å². The van der Waals surface area contributed by atoms with Crippen molar-refractivity contribution in [1.82, 2.24) is 4.57 Å². The number of halogens is 1. The third-order valence-electron chi connectivity index (χ3n) is 4.58. The quantitative estimate of drug-likeness (QED) is 0.263. The summed E-state index contributed by atoms with van der Waals surface area (Å²) in [5, 5.41) is 12.0. The fourth-order valence-corrected chi connectivity index (χ4v) is 3.99. The van der Waals surface area contributed by atoms with Gasteiger partial charge in [-0.3, -0.25) is 24.5 Å². The zero-order valence-corrected chi connectivity index (χ0v) is 18.4. The molecule has 2 heterocycles. The first-order valence-electron chi connectivity index (χ1n) is 9.16. The molecule has 0 N–H and O–H groups in total. The number of aromatic nitrogens is 1. The van der Waals surface area contributed by atoms with Gasteiger partial charge in [-0.2, -0.15) is 0 Å². The topological polar surface area (TPSA) is 136 Å². The lowest BCUT2D eigenvalue weighted by Gasteiger charge is -2.41. The molecule has 12 heteroatoms. The van der Waals surface area contributed by atoms with Crippen molar-refractivity contribution in [1.29, 1.82) is 0 Å². The lowest BCUT2D eigenvalue weighted by molar-refractivity contribution is -0.385. The molecule has 1 fully saturated rings. The second kappa shape index (κ2) is 9.02. The number of hydrogen-bond donors (Lipinski definition) is 0. The molecule has 166 valence electrons. The normalized spacial score (nSPS) is 23.2. The number of hydrogen-bond acceptors (Lipinski definition) is 9. The predicted octanol–water partition coefficient (Wildman–Crippen LogP) is 2.64. The van der Waals surface area contributed by atoms with E-state index in [2.05, 4.69) is 15.9 Å². The molecule has 1 saturated heterocycles. The largest absolute Gasteiger partial charge is 0.456 e. The molecule has 31 heavy (non-hydrogen) atoms. The Morgan fingerprint density at radius 2 is 1.71 bits per heavy atom. The van der Waals surface area contributed by atoms with E-state index >= 15 is 0 Å². The Balaban J connectivity index is 2.09. The molecule has 0 aliphatic carbocycles. The van der Waals surface area contributed by atoms with Crippen LogP contribution in [0.4, 0.5) is 5.69 Å². The van der Waals surface area contributed by atoms with Gasteiger partial charge in [0.1, 0.15) is 0 Å². The highest BCUT2D eigenvalue weighted by molar-refractivity contribution is 9.10. The van der Waals surface area contributed by atoms with Gasteiger partial charge in [-0.25, -0.2) is 0 Å². The first kappa shape index (κ1) is 22.7. The molecule has 0 bridgehead atoms. The Morgan fingerprint density at radius 3 is 2.29 bits per heavy atom. The number of nitrogens with zero attached hydrogens (tertiary/aromatic N) is 2. The summed E-state index contributed by atoms with van der Waals surface area (Å²) in [4.78, 5) is 45.8. The van der Waals surface area contributed by atoms with Crippen LogP contribution in [0.3, 0.4) is 0 Å². The summed E-state index contributed by atoms with van der Waals surface area (Å²) >= 11 is 3.18. The monoisotopic (exact) mass is 498 g/mol. The third-order valence-corrected chi connectivity index (χ3v) is 5.22.